The highest BCUT2D eigenvalue weighted by Crippen LogP contribution is 2.10. The number of nitrogens with one attached hydrogen (secondary N) is 1. The van der Waals surface area contributed by atoms with Gasteiger partial charge >= 0.3 is 0 Å². The minimum atomic E-state index is -0.334. The summed E-state index contributed by atoms with van der Waals surface area (Å²) in [7, 11) is 0. The second-order valence-electron chi connectivity index (χ2n) is 4.89. The SMILES string of the molecule is NC(CC(=O)N1CCNCC1)Cc1ccccc1F. The van der Waals surface area contributed by atoms with E-state index in [0.717, 1.165) is 26.2 Å². The van der Waals surface area contributed by atoms with E-state index in [2.05, 4.69) is 5.32 Å². The highest BCUT2D eigenvalue weighted by Gasteiger charge is 2.19. The maximum atomic E-state index is 13.5. The van der Waals surface area contributed by atoms with E-state index in [9.17, 15) is 9.18 Å². The maximum Gasteiger partial charge on any atom is 0.224 e. The number of halogens is 1. The molecule has 1 aromatic rings. The summed E-state index contributed by atoms with van der Waals surface area (Å²) in [5.74, 6) is -0.196. The van der Waals surface area contributed by atoms with Crippen molar-refractivity contribution in [1.29, 1.82) is 0 Å². The summed E-state index contributed by atoms with van der Waals surface area (Å²) >= 11 is 0. The van der Waals surface area contributed by atoms with E-state index in [4.69, 9.17) is 5.73 Å². The third-order valence-corrected chi connectivity index (χ3v) is 3.35. The average molecular weight is 265 g/mol. The Hall–Kier alpha value is -1.46. The fourth-order valence-corrected chi connectivity index (χ4v) is 2.29. The van der Waals surface area contributed by atoms with Crippen LogP contribution in [0, 0.1) is 5.82 Å². The average Bonchev–Trinajstić information content (AvgIpc) is 2.42. The van der Waals surface area contributed by atoms with Gasteiger partial charge in [0.05, 0.1) is 0 Å². The van der Waals surface area contributed by atoms with E-state index < -0.39 is 0 Å². The van der Waals surface area contributed by atoms with Gasteiger partial charge < -0.3 is 16.0 Å². The first-order valence-electron chi connectivity index (χ1n) is 6.64. The first-order chi connectivity index (χ1) is 9.16. The fourth-order valence-electron chi connectivity index (χ4n) is 2.29. The predicted octanol–water partition coefficient (Wildman–Crippen LogP) is 0.517. The fraction of sp³-hybridized carbons (Fsp3) is 0.500. The van der Waals surface area contributed by atoms with Gasteiger partial charge in [0, 0.05) is 38.6 Å². The van der Waals surface area contributed by atoms with E-state index >= 15 is 0 Å². The Labute approximate surface area is 112 Å². The van der Waals surface area contributed by atoms with Crippen molar-refractivity contribution in [3.63, 3.8) is 0 Å². The number of carbonyl (C=O) groups is 1. The van der Waals surface area contributed by atoms with Crippen molar-refractivity contribution >= 4 is 5.91 Å². The Morgan fingerprint density at radius 2 is 2.05 bits per heavy atom. The minimum Gasteiger partial charge on any atom is -0.340 e. The van der Waals surface area contributed by atoms with Crippen LogP contribution in [-0.4, -0.2) is 43.0 Å². The summed E-state index contributed by atoms with van der Waals surface area (Å²) in [4.78, 5) is 13.8. The van der Waals surface area contributed by atoms with Gasteiger partial charge in [0.1, 0.15) is 5.82 Å². The standard InChI is InChI=1S/C14H20FN3O/c15-13-4-2-1-3-11(13)9-12(16)10-14(19)18-7-5-17-6-8-18/h1-4,12,17H,5-10,16H2. The van der Waals surface area contributed by atoms with Crippen molar-refractivity contribution in [2.75, 3.05) is 26.2 Å². The number of benzene rings is 1. The van der Waals surface area contributed by atoms with Crippen LogP contribution in [0.3, 0.4) is 0 Å². The molecule has 5 heteroatoms. The molecule has 0 aromatic heterocycles. The number of amides is 1. The Bertz CT molecular complexity index is 432. The number of rotatable bonds is 4. The van der Waals surface area contributed by atoms with Crippen LogP contribution < -0.4 is 11.1 Å². The molecule has 2 rings (SSSR count). The molecule has 4 nitrogen and oxygen atoms in total. The van der Waals surface area contributed by atoms with Crippen molar-refractivity contribution in [2.24, 2.45) is 5.73 Å². The van der Waals surface area contributed by atoms with Gasteiger partial charge in [0.15, 0.2) is 0 Å². The number of nitrogens with two attached hydrogens (primary N) is 1. The van der Waals surface area contributed by atoms with Crippen LogP contribution in [0.15, 0.2) is 24.3 Å². The summed E-state index contributed by atoms with van der Waals surface area (Å²) in [6.45, 7) is 3.11. The molecule has 0 bridgehead atoms. The molecule has 1 aliphatic rings. The zero-order chi connectivity index (χ0) is 13.7. The number of carbonyl (C=O) groups excluding carboxylic acids is 1. The summed E-state index contributed by atoms with van der Waals surface area (Å²) < 4.78 is 13.5. The van der Waals surface area contributed by atoms with Gasteiger partial charge in [-0.25, -0.2) is 4.39 Å². The van der Waals surface area contributed by atoms with E-state index in [1.165, 1.54) is 6.07 Å². The molecule has 0 saturated carbocycles. The van der Waals surface area contributed by atoms with Crippen molar-refractivity contribution in [1.82, 2.24) is 10.2 Å². The molecule has 3 N–H and O–H groups in total. The molecule has 0 spiro atoms. The van der Waals surface area contributed by atoms with Crippen LogP contribution in [0.1, 0.15) is 12.0 Å². The van der Waals surface area contributed by atoms with Gasteiger partial charge in [-0.05, 0) is 18.1 Å². The van der Waals surface area contributed by atoms with Gasteiger partial charge in [-0.15, -0.1) is 0 Å². The zero-order valence-electron chi connectivity index (χ0n) is 10.9. The molecule has 0 aliphatic carbocycles. The van der Waals surface area contributed by atoms with E-state index in [1.54, 1.807) is 18.2 Å². The molecule has 1 atom stereocenters. The second-order valence-corrected chi connectivity index (χ2v) is 4.89. The first-order valence-corrected chi connectivity index (χ1v) is 6.64. The summed E-state index contributed by atoms with van der Waals surface area (Å²) in [5.41, 5.74) is 6.52. The Balaban J connectivity index is 1.85. The third kappa shape index (κ3) is 4.01. The van der Waals surface area contributed by atoms with Crippen LogP contribution in [-0.2, 0) is 11.2 Å². The Morgan fingerprint density at radius 1 is 1.37 bits per heavy atom. The summed E-state index contributed by atoms with van der Waals surface area (Å²) in [6, 6.07) is 6.23. The largest absolute Gasteiger partial charge is 0.340 e. The molecule has 1 amide bonds. The number of hydrogen-bond acceptors (Lipinski definition) is 3. The quantitative estimate of drug-likeness (QED) is 0.834. The van der Waals surface area contributed by atoms with E-state index in [-0.39, 0.29) is 24.2 Å². The van der Waals surface area contributed by atoms with Gasteiger partial charge in [-0.3, -0.25) is 4.79 Å². The lowest BCUT2D eigenvalue weighted by molar-refractivity contribution is -0.132. The predicted molar refractivity (Wildman–Crippen MR) is 72.1 cm³/mol. The van der Waals surface area contributed by atoms with Gasteiger partial charge in [0.25, 0.3) is 0 Å². The van der Waals surface area contributed by atoms with Crippen LogP contribution in [0.2, 0.25) is 0 Å². The lowest BCUT2D eigenvalue weighted by atomic mass is 10.0. The molecule has 19 heavy (non-hydrogen) atoms. The number of hydrogen-bond donors (Lipinski definition) is 2. The van der Waals surface area contributed by atoms with E-state index in [0.29, 0.717) is 12.0 Å². The van der Waals surface area contributed by atoms with Crippen LogP contribution >= 0.6 is 0 Å². The van der Waals surface area contributed by atoms with Crippen molar-refractivity contribution in [3.8, 4) is 0 Å². The molecule has 1 aromatic carbocycles. The van der Waals surface area contributed by atoms with Crippen LogP contribution in [0.5, 0.6) is 0 Å². The monoisotopic (exact) mass is 265 g/mol. The van der Waals surface area contributed by atoms with Crippen molar-refractivity contribution in [2.45, 2.75) is 18.9 Å². The zero-order valence-corrected chi connectivity index (χ0v) is 10.9. The lowest BCUT2D eigenvalue weighted by Gasteiger charge is -2.28. The minimum absolute atomic E-state index is 0.0605. The smallest absolute Gasteiger partial charge is 0.224 e. The molecular weight excluding hydrogens is 245 g/mol. The molecular formula is C14H20FN3O. The maximum absolute atomic E-state index is 13.5. The lowest BCUT2D eigenvalue weighted by Crippen LogP contribution is -2.47. The normalized spacial score (nSPS) is 17.3. The number of piperazine rings is 1. The van der Waals surface area contributed by atoms with Crippen molar-refractivity contribution in [3.05, 3.63) is 35.6 Å². The molecule has 1 saturated heterocycles. The number of nitrogens with zero attached hydrogens (tertiary/aromatic N) is 1. The topological polar surface area (TPSA) is 58.4 Å². The Kier molecular flexibility index (Phi) is 4.87. The molecule has 1 heterocycles. The molecule has 1 unspecified atom stereocenters. The molecule has 1 aliphatic heterocycles. The van der Waals surface area contributed by atoms with Gasteiger partial charge in [-0.1, -0.05) is 18.2 Å². The Morgan fingerprint density at radius 3 is 2.74 bits per heavy atom. The summed E-state index contributed by atoms with van der Waals surface area (Å²) in [5, 5.41) is 3.20. The highest BCUT2D eigenvalue weighted by atomic mass is 19.1. The van der Waals surface area contributed by atoms with Crippen molar-refractivity contribution < 1.29 is 9.18 Å². The van der Waals surface area contributed by atoms with E-state index in [1.807, 2.05) is 4.90 Å². The van der Waals surface area contributed by atoms with Gasteiger partial charge in [0.2, 0.25) is 5.91 Å². The van der Waals surface area contributed by atoms with Crippen LogP contribution in [0.4, 0.5) is 4.39 Å². The van der Waals surface area contributed by atoms with Crippen LogP contribution in [0.25, 0.3) is 0 Å². The third-order valence-electron chi connectivity index (χ3n) is 3.35. The summed E-state index contributed by atoms with van der Waals surface area (Å²) in [6.07, 6.45) is 0.666. The molecule has 0 radical (unpaired) electrons. The molecule has 104 valence electrons. The highest BCUT2D eigenvalue weighted by molar-refractivity contribution is 5.77. The second kappa shape index (κ2) is 6.63. The molecule has 1 fully saturated rings. The van der Waals surface area contributed by atoms with Gasteiger partial charge in [-0.2, -0.15) is 0 Å². The first kappa shape index (κ1) is 14.0.